The number of aromatic nitrogens is 5. The topological polar surface area (TPSA) is 112 Å². The lowest BCUT2D eigenvalue weighted by Gasteiger charge is -2.38. The fourth-order valence-electron chi connectivity index (χ4n) is 5.15. The summed E-state index contributed by atoms with van der Waals surface area (Å²) in [4.78, 5) is 3.16. The van der Waals surface area contributed by atoms with Gasteiger partial charge in [0.2, 0.25) is 0 Å². The number of imidazole rings is 1. The molecule has 0 bridgehead atoms. The molecular weight excluding hydrogens is 616 g/mol. The highest BCUT2D eigenvalue weighted by Gasteiger charge is 2.49. The van der Waals surface area contributed by atoms with Gasteiger partial charge < -0.3 is 14.4 Å². The minimum atomic E-state index is -4.85. The number of hydrogen-bond acceptors (Lipinski definition) is 7. The Labute approximate surface area is 246 Å². The van der Waals surface area contributed by atoms with E-state index >= 15 is 4.39 Å². The number of halogens is 6. The highest BCUT2D eigenvalue weighted by molar-refractivity contribution is 7.94. The third kappa shape index (κ3) is 5.74. The summed E-state index contributed by atoms with van der Waals surface area (Å²) in [5.74, 6) is -2.63. The number of ether oxygens (including phenoxy) is 1. The van der Waals surface area contributed by atoms with Gasteiger partial charge in [-0.1, -0.05) is 23.4 Å². The second-order valence-corrected chi connectivity index (χ2v) is 11.9. The highest BCUT2D eigenvalue weighted by Crippen LogP contribution is 2.45. The molecule has 0 radical (unpaired) electrons. The Morgan fingerprint density at radius 1 is 1.11 bits per heavy atom. The summed E-state index contributed by atoms with van der Waals surface area (Å²) >= 11 is 0. The standard InChI is InChI=1S/C28H23F6N5O4S/c1-16-36-22(26(30)31)14-38(16)27(15-40)24(29)11-19(12-25(27)44(2,41)42)18-4-3-5-20(10-18)39-23(13-35-37-39)17-6-8-21(9-7-17)43-28(32,33)34/h3-14,19,26,40H,15H2,1-2H3. The van der Waals surface area contributed by atoms with Crippen LogP contribution in [0.2, 0.25) is 0 Å². The number of aryl methyl sites for hydroxylation is 1. The number of rotatable bonds is 8. The molecule has 0 saturated heterocycles. The quantitative estimate of drug-likeness (QED) is 0.252. The third-order valence-electron chi connectivity index (χ3n) is 7.06. The molecule has 1 aliphatic rings. The Morgan fingerprint density at radius 2 is 1.82 bits per heavy atom. The lowest BCUT2D eigenvalue weighted by molar-refractivity contribution is -0.274. The molecule has 44 heavy (non-hydrogen) atoms. The predicted octanol–water partition coefficient (Wildman–Crippen LogP) is 5.54. The molecule has 2 heterocycles. The van der Waals surface area contributed by atoms with E-state index < -0.39 is 62.9 Å². The van der Waals surface area contributed by atoms with Crippen molar-refractivity contribution in [3.05, 3.63) is 101 Å². The Morgan fingerprint density at radius 3 is 2.41 bits per heavy atom. The number of hydrogen-bond donors (Lipinski definition) is 1. The fraction of sp³-hybridized carbons (Fsp3) is 0.250. The van der Waals surface area contributed by atoms with Crippen LogP contribution in [0.5, 0.6) is 5.75 Å². The van der Waals surface area contributed by atoms with Crippen LogP contribution < -0.4 is 4.74 Å². The van der Waals surface area contributed by atoms with Crippen molar-refractivity contribution in [2.75, 3.05) is 12.9 Å². The van der Waals surface area contributed by atoms with Crippen molar-refractivity contribution in [1.29, 1.82) is 0 Å². The first-order valence-corrected chi connectivity index (χ1v) is 14.7. The molecule has 4 aromatic rings. The maximum absolute atomic E-state index is 16.1. The van der Waals surface area contributed by atoms with Gasteiger partial charge in [-0.25, -0.2) is 31.3 Å². The molecule has 2 atom stereocenters. The summed E-state index contributed by atoms with van der Waals surface area (Å²) < 4.78 is 113. The minimum absolute atomic E-state index is 0.135. The molecule has 5 rings (SSSR count). The van der Waals surface area contributed by atoms with Crippen molar-refractivity contribution < 1.29 is 44.6 Å². The molecule has 232 valence electrons. The lowest BCUT2D eigenvalue weighted by atomic mass is 9.84. The molecule has 0 fully saturated rings. The van der Waals surface area contributed by atoms with Gasteiger partial charge in [0.15, 0.2) is 15.4 Å². The van der Waals surface area contributed by atoms with Gasteiger partial charge in [0.05, 0.1) is 29.1 Å². The molecule has 1 aliphatic carbocycles. The van der Waals surface area contributed by atoms with E-state index in [9.17, 15) is 35.5 Å². The third-order valence-corrected chi connectivity index (χ3v) is 8.33. The van der Waals surface area contributed by atoms with Crippen molar-refractivity contribution in [2.24, 2.45) is 0 Å². The van der Waals surface area contributed by atoms with Crippen LogP contribution in [-0.2, 0) is 15.4 Å². The zero-order chi connectivity index (χ0) is 32.0. The van der Waals surface area contributed by atoms with Crippen LogP contribution in [0.1, 0.15) is 29.4 Å². The molecule has 9 nitrogen and oxygen atoms in total. The SMILES string of the molecule is Cc1nc(C(F)F)cn1C1(CO)C(F)=CC(c2cccc(-n3nncc3-c3ccc(OC(F)(F)F)cc3)c2)C=C1S(C)(=O)=O. The number of nitrogens with zero attached hydrogens (tertiary/aromatic N) is 5. The van der Waals surface area contributed by atoms with E-state index in [-0.39, 0.29) is 5.82 Å². The van der Waals surface area contributed by atoms with E-state index in [0.29, 0.717) is 22.5 Å². The predicted molar refractivity (Wildman–Crippen MR) is 145 cm³/mol. The molecular formula is C28H23F6N5O4S. The molecule has 0 aliphatic heterocycles. The van der Waals surface area contributed by atoms with Gasteiger partial charge in [0, 0.05) is 23.9 Å². The monoisotopic (exact) mass is 639 g/mol. The van der Waals surface area contributed by atoms with Crippen LogP contribution in [0.25, 0.3) is 16.9 Å². The maximum Gasteiger partial charge on any atom is 0.573 e. The van der Waals surface area contributed by atoms with Crippen molar-refractivity contribution >= 4 is 9.84 Å². The molecule has 0 amide bonds. The number of sulfone groups is 1. The first-order chi connectivity index (χ1) is 20.6. The molecule has 16 heteroatoms. The Bertz CT molecular complexity index is 1870. The second-order valence-electron chi connectivity index (χ2n) is 9.94. The minimum Gasteiger partial charge on any atom is -0.406 e. The van der Waals surface area contributed by atoms with E-state index in [0.717, 1.165) is 35.2 Å². The highest BCUT2D eigenvalue weighted by atomic mass is 32.2. The van der Waals surface area contributed by atoms with Crippen LogP contribution in [0.3, 0.4) is 0 Å². The van der Waals surface area contributed by atoms with Gasteiger partial charge in [-0.3, -0.25) is 0 Å². The zero-order valence-corrected chi connectivity index (χ0v) is 23.7. The van der Waals surface area contributed by atoms with Gasteiger partial charge >= 0.3 is 6.36 Å². The number of allylic oxidation sites excluding steroid dienone is 2. The summed E-state index contributed by atoms with van der Waals surface area (Å²) in [5, 5.41) is 18.3. The van der Waals surface area contributed by atoms with E-state index in [1.54, 1.807) is 24.3 Å². The summed E-state index contributed by atoms with van der Waals surface area (Å²) in [6, 6.07) is 11.4. The fourth-order valence-corrected chi connectivity index (χ4v) is 6.42. The first kappa shape index (κ1) is 31.0. The summed E-state index contributed by atoms with van der Waals surface area (Å²) in [6.45, 7) is 0.189. The number of aliphatic hydroxyl groups is 1. The molecule has 2 aromatic carbocycles. The summed E-state index contributed by atoms with van der Waals surface area (Å²) in [7, 11) is -4.23. The molecule has 0 spiro atoms. The molecule has 0 saturated carbocycles. The molecule has 2 aromatic heterocycles. The normalized spacial score (nSPS) is 19.2. The largest absolute Gasteiger partial charge is 0.573 e. The molecule has 1 N–H and O–H groups in total. The van der Waals surface area contributed by atoms with Crippen LogP contribution in [0, 0.1) is 6.92 Å². The average molecular weight is 640 g/mol. The van der Waals surface area contributed by atoms with Crippen molar-refractivity contribution in [3.8, 4) is 22.7 Å². The van der Waals surface area contributed by atoms with Gasteiger partial charge in [-0.15, -0.1) is 18.3 Å². The van der Waals surface area contributed by atoms with Crippen LogP contribution >= 0.6 is 0 Å². The van der Waals surface area contributed by atoms with E-state index in [1.165, 1.54) is 36.0 Å². The van der Waals surface area contributed by atoms with Gasteiger partial charge in [0.1, 0.15) is 23.1 Å². The average Bonchev–Trinajstić information content (AvgIpc) is 3.59. The maximum atomic E-state index is 16.1. The van der Waals surface area contributed by atoms with E-state index in [1.807, 2.05) is 0 Å². The van der Waals surface area contributed by atoms with Crippen molar-refractivity contribution in [2.45, 2.75) is 31.2 Å². The van der Waals surface area contributed by atoms with Gasteiger partial charge in [-0.05, 0) is 55.0 Å². The zero-order valence-electron chi connectivity index (χ0n) is 22.9. The lowest BCUT2D eigenvalue weighted by Crippen LogP contribution is -2.45. The van der Waals surface area contributed by atoms with Gasteiger partial charge in [0.25, 0.3) is 6.43 Å². The smallest absolute Gasteiger partial charge is 0.406 e. The summed E-state index contributed by atoms with van der Waals surface area (Å²) in [5.41, 5.74) is -1.42. The Balaban J connectivity index is 1.55. The number of alkyl halides is 5. The van der Waals surface area contributed by atoms with E-state index in [2.05, 4.69) is 20.0 Å². The second kappa shape index (κ2) is 11.2. The number of aliphatic hydroxyl groups excluding tert-OH is 1. The van der Waals surface area contributed by atoms with E-state index in [4.69, 9.17) is 0 Å². The van der Waals surface area contributed by atoms with Crippen LogP contribution in [0.15, 0.2) is 83.8 Å². The first-order valence-electron chi connectivity index (χ1n) is 12.8. The van der Waals surface area contributed by atoms with Crippen molar-refractivity contribution in [1.82, 2.24) is 24.5 Å². The number of benzene rings is 2. The van der Waals surface area contributed by atoms with Gasteiger partial charge in [-0.2, -0.15) is 0 Å². The van der Waals surface area contributed by atoms with Crippen LogP contribution in [0.4, 0.5) is 26.3 Å². The Hall–Kier alpha value is -4.44. The van der Waals surface area contributed by atoms with Crippen molar-refractivity contribution in [3.63, 3.8) is 0 Å². The molecule has 2 unspecified atom stereocenters. The Kier molecular flexibility index (Phi) is 7.92. The van der Waals surface area contributed by atoms with Crippen LogP contribution in [-0.4, -0.2) is 57.3 Å². The summed E-state index contributed by atoms with van der Waals surface area (Å²) in [6.07, 6.45) is -2.54.